The van der Waals surface area contributed by atoms with Gasteiger partial charge in [-0.3, -0.25) is 0 Å². The third-order valence-electron chi connectivity index (χ3n) is 1.84. The predicted molar refractivity (Wildman–Crippen MR) is 52.3 cm³/mol. The fourth-order valence-corrected chi connectivity index (χ4v) is 1.01. The van der Waals surface area contributed by atoms with Gasteiger partial charge in [-0.2, -0.15) is 5.26 Å². The zero-order chi connectivity index (χ0) is 9.84. The third-order valence-corrected chi connectivity index (χ3v) is 1.84. The summed E-state index contributed by atoms with van der Waals surface area (Å²) < 4.78 is 0. The van der Waals surface area contributed by atoms with Gasteiger partial charge in [0.15, 0.2) is 0 Å². The van der Waals surface area contributed by atoms with Crippen molar-refractivity contribution in [2.24, 2.45) is 0 Å². The number of nitrogen functional groups attached to an aromatic ring is 1. The fraction of sp³-hybridized carbons (Fsp3) is 0.333. The molecule has 0 aliphatic rings. The van der Waals surface area contributed by atoms with Crippen molar-refractivity contribution in [1.82, 2.24) is 4.98 Å². The number of pyridine rings is 1. The molecule has 4 nitrogen and oxygen atoms in total. The summed E-state index contributed by atoms with van der Waals surface area (Å²) in [5, 5.41) is 8.82. The highest BCUT2D eigenvalue weighted by Gasteiger charge is 2.06. The van der Waals surface area contributed by atoms with Crippen LogP contribution in [-0.4, -0.2) is 18.6 Å². The highest BCUT2D eigenvalue weighted by atomic mass is 15.2. The average Bonchev–Trinajstić information content (AvgIpc) is 2.16. The van der Waals surface area contributed by atoms with Gasteiger partial charge in [0.2, 0.25) is 0 Å². The van der Waals surface area contributed by atoms with E-state index in [0.29, 0.717) is 17.1 Å². The Labute approximate surface area is 77.6 Å². The molecule has 0 atom stereocenters. The van der Waals surface area contributed by atoms with Gasteiger partial charge >= 0.3 is 0 Å². The lowest BCUT2D eigenvalue weighted by molar-refractivity contribution is 0.935. The van der Waals surface area contributed by atoms with Gasteiger partial charge < -0.3 is 10.6 Å². The van der Waals surface area contributed by atoms with Crippen molar-refractivity contribution in [3.8, 4) is 6.07 Å². The first-order valence-corrected chi connectivity index (χ1v) is 4.05. The molecule has 0 fully saturated rings. The van der Waals surface area contributed by atoms with E-state index in [1.54, 1.807) is 12.3 Å². The molecule has 0 aliphatic carbocycles. The van der Waals surface area contributed by atoms with Crippen LogP contribution in [0.25, 0.3) is 0 Å². The summed E-state index contributed by atoms with van der Waals surface area (Å²) in [5.74, 6) is 0.680. The highest BCUT2D eigenvalue weighted by Crippen LogP contribution is 2.17. The summed E-state index contributed by atoms with van der Waals surface area (Å²) in [6.07, 6.45) is 1.56. The Morgan fingerprint density at radius 2 is 2.38 bits per heavy atom. The zero-order valence-corrected chi connectivity index (χ0v) is 7.78. The van der Waals surface area contributed by atoms with Crippen LogP contribution >= 0.6 is 0 Å². The van der Waals surface area contributed by atoms with Crippen LogP contribution in [-0.2, 0) is 0 Å². The molecule has 2 N–H and O–H groups in total. The maximum Gasteiger partial charge on any atom is 0.146 e. The zero-order valence-electron chi connectivity index (χ0n) is 7.78. The molecular formula is C9H12N4. The van der Waals surface area contributed by atoms with E-state index in [0.717, 1.165) is 6.54 Å². The minimum absolute atomic E-state index is 0.518. The van der Waals surface area contributed by atoms with E-state index in [1.807, 2.05) is 18.9 Å². The molecule has 0 saturated heterocycles. The van der Waals surface area contributed by atoms with Crippen molar-refractivity contribution in [2.75, 3.05) is 24.2 Å². The molecule has 0 bridgehead atoms. The van der Waals surface area contributed by atoms with E-state index in [2.05, 4.69) is 11.1 Å². The van der Waals surface area contributed by atoms with Gasteiger partial charge in [-0.1, -0.05) is 0 Å². The number of nitrogens with two attached hydrogens (primary N) is 1. The standard InChI is InChI=1S/C9H12N4/c1-3-13(2)9-7(5-10)4-8(11)6-12-9/h4,6H,3,11H2,1-2H3. The lowest BCUT2D eigenvalue weighted by atomic mass is 10.2. The normalized spacial score (nSPS) is 9.31. The Balaban J connectivity index is 3.15. The van der Waals surface area contributed by atoms with E-state index in [9.17, 15) is 0 Å². The first-order chi connectivity index (χ1) is 6.19. The van der Waals surface area contributed by atoms with E-state index in [4.69, 9.17) is 11.0 Å². The Morgan fingerprint density at radius 1 is 1.69 bits per heavy atom. The Morgan fingerprint density at radius 3 is 2.92 bits per heavy atom. The molecule has 68 valence electrons. The molecule has 0 saturated carbocycles. The molecule has 1 heterocycles. The summed E-state index contributed by atoms with van der Waals surface area (Å²) in [7, 11) is 1.89. The molecule has 0 spiro atoms. The Bertz CT molecular complexity index is 340. The molecule has 1 aromatic heterocycles. The number of aromatic nitrogens is 1. The SMILES string of the molecule is CCN(C)c1ncc(N)cc1C#N. The predicted octanol–water partition coefficient (Wildman–Crippen LogP) is 0.992. The van der Waals surface area contributed by atoms with Crippen molar-refractivity contribution in [2.45, 2.75) is 6.92 Å². The van der Waals surface area contributed by atoms with E-state index in [1.165, 1.54) is 0 Å². The lowest BCUT2D eigenvalue weighted by Crippen LogP contribution is -2.18. The highest BCUT2D eigenvalue weighted by molar-refractivity contribution is 5.58. The third kappa shape index (κ3) is 1.88. The van der Waals surface area contributed by atoms with Crippen LogP contribution in [0.2, 0.25) is 0 Å². The summed E-state index contributed by atoms with van der Waals surface area (Å²) in [6, 6.07) is 3.70. The summed E-state index contributed by atoms with van der Waals surface area (Å²) in [6.45, 7) is 2.81. The van der Waals surface area contributed by atoms with Crippen molar-refractivity contribution in [1.29, 1.82) is 5.26 Å². The fourth-order valence-electron chi connectivity index (χ4n) is 1.01. The molecule has 0 unspecified atom stereocenters. The van der Waals surface area contributed by atoms with E-state index >= 15 is 0 Å². The van der Waals surface area contributed by atoms with Crippen LogP contribution in [0, 0.1) is 11.3 Å². The number of nitriles is 1. The molecule has 4 heteroatoms. The van der Waals surface area contributed by atoms with Crippen LogP contribution in [0.5, 0.6) is 0 Å². The topological polar surface area (TPSA) is 65.9 Å². The van der Waals surface area contributed by atoms with Crippen LogP contribution in [0.15, 0.2) is 12.3 Å². The van der Waals surface area contributed by atoms with E-state index < -0.39 is 0 Å². The monoisotopic (exact) mass is 176 g/mol. The molecule has 1 rings (SSSR count). The Hall–Kier alpha value is -1.76. The minimum Gasteiger partial charge on any atom is -0.397 e. The number of nitrogens with zero attached hydrogens (tertiary/aromatic N) is 3. The second-order valence-electron chi connectivity index (χ2n) is 2.77. The quantitative estimate of drug-likeness (QED) is 0.729. The molecule has 0 aromatic carbocycles. The Kier molecular flexibility index (Phi) is 2.70. The second kappa shape index (κ2) is 3.76. The molecule has 1 aromatic rings. The molecule has 0 amide bonds. The first-order valence-electron chi connectivity index (χ1n) is 4.05. The number of hydrogen-bond donors (Lipinski definition) is 1. The summed E-state index contributed by atoms with van der Waals surface area (Å²) >= 11 is 0. The second-order valence-corrected chi connectivity index (χ2v) is 2.77. The van der Waals surface area contributed by atoms with Crippen molar-refractivity contribution >= 4 is 11.5 Å². The number of anilines is 2. The van der Waals surface area contributed by atoms with Gasteiger partial charge in [-0.15, -0.1) is 0 Å². The summed E-state index contributed by atoms with van der Waals surface area (Å²) in [5.41, 5.74) is 6.55. The number of rotatable bonds is 2. The van der Waals surface area contributed by atoms with Gasteiger partial charge in [0.05, 0.1) is 17.4 Å². The molecule has 0 radical (unpaired) electrons. The van der Waals surface area contributed by atoms with Gasteiger partial charge in [0.25, 0.3) is 0 Å². The number of hydrogen-bond acceptors (Lipinski definition) is 4. The van der Waals surface area contributed by atoms with Crippen molar-refractivity contribution in [3.05, 3.63) is 17.8 Å². The van der Waals surface area contributed by atoms with Crippen LogP contribution in [0.4, 0.5) is 11.5 Å². The molecule has 13 heavy (non-hydrogen) atoms. The molecule has 0 aliphatic heterocycles. The smallest absolute Gasteiger partial charge is 0.146 e. The van der Waals surface area contributed by atoms with Crippen LogP contribution < -0.4 is 10.6 Å². The average molecular weight is 176 g/mol. The van der Waals surface area contributed by atoms with Gasteiger partial charge in [0, 0.05) is 13.6 Å². The maximum atomic E-state index is 8.82. The van der Waals surface area contributed by atoms with Gasteiger partial charge in [-0.05, 0) is 13.0 Å². The largest absolute Gasteiger partial charge is 0.397 e. The van der Waals surface area contributed by atoms with Crippen molar-refractivity contribution < 1.29 is 0 Å². The maximum absolute atomic E-state index is 8.82. The lowest BCUT2D eigenvalue weighted by Gasteiger charge is -2.16. The van der Waals surface area contributed by atoms with Gasteiger partial charge in [-0.25, -0.2) is 4.98 Å². The van der Waals surface area contributed by atoms with E-state index in [-0.39, 0.29) is 0 Å². The minimum atomic E-state index is 0.518. The van der Waals surface area contributed by atoms with Crippen LogP contribution in [0.3, 0.4) is 0 Å². The van der Waals surface area contributed by atoms with Crippen LogP contribution in [0.1, 0.15) is 12.5 Å². The van der Waals surface area contributed by atoms with Crippen molar-refractivity contribution in [3.63, 3.8) is 0 Å². The summed E-state index contributed by atoms with van der Waals surface area (Å²) in [4.78, 5) is 6.00. The first kappa shape index (κ1) is 9.33. The van der Waals surface area contributed by atoms with Gasteiger partial charge in [0.1, 0.15) is 11.9 Å². The molecular weight excluding hydrogens is 164 g/mol.